The van der Waals surface area contributed by atoms with Crippen molar-refractivity contribution in [1.82, 2.24) is 20.9 Å². The number of nitrogens with one attached hydrogen (secondary N) is 3. The zero-order valence-electron chi connectivity index (χ0n) is 15.8. The first-order valence-corrected chi connectivity index (χ1v) is 9.56. The van der Waals surface area contributed by atoms with Gasteiger partial charge in [-0.1, -0.05) is 6.92 Å². The Morgan fingerprint density at radius 2 is 2.00 bits per heavy atom. The van der Waals surface area contributed by atoms with Gasteiger partial charge in [-0.2, -0.15) is 0 Å². The number of nitrogens with zero attached hydrogens (tertiary/aromatic N) is 1. The van der Waals surface area contributed by atoms with Gasteiger partial charge in [0.2, 0.25) is 11.8 Å². The highest BCUT2D eigenvalue weighted by Crippen LogP contribution is 2.18. The molecule has 4 atom stereocenters. The third-order valence-corrected chi connectivity index (χ3v) is 5.42. The van der Waals surface area contributed by atoms with Crippen molar-refractivity contribution in [3.8, 4) is 0 Å². The van der Waals surface area contributed by atoms with Crippen molar-refractivity contribution in [1.29, 1.82) is 0 Å². The number of amides is 2. The Labute approximate surface area is 158 Å². The molecule has 0 spiro atoms. The Bertz CT molecular complexity index is 429. The first-order valence-electron chi connectivity index (χ1n) is 9.56. The summed E-state index contributed by atoms with van der Waals surface area (Å²) >= 11 is 0. The van der Waals surface area contributed by atoms with Crippen molar-refractivity contribution >= 4 is 24.2 Å². The largest absolute Gasteiger partial charge is 0.354 e. The summed E-state index contributed by atoms with van der Waals surface area (Å²) in [4.78, 5) is 26.7. The van der Waals surface area contributed by atoms with Crippen LogP contribution in [0.4, 0.5) is 0 Å². The molecule has 2 aliphatic rings. The standard InChI is InChI=1S/C18H34N4O2.ClH/c1-4-13(2)21-17(23)14(3)22-10-6-7-15(12-22)11-20-18(24)16-8-5-9-19-16;/h13-16,19H,4-12H2,1-3H3,(H,20,24)(H,21,23);1H. The van der Waals surface area contributed by atoms with E-state index < -0.39 is 0 Å². The molecule has 0 aromatic heterocycles. The number of carbonyl (C=O) groups is 2. The highest BCUT2D eigenvalue weighted by Gasteiger charge is 2.29. The van der Waals surface area contributed by atoms with Crippen LogP contribution in [-0.4, -0.2) is 61.0 Å². The number of rotatable bonds is 7. The lowest BCUT2D eigenvalue weighted by Gasteiger charge is -2.36. The minimum Gasteiger partial charge on any atom is -0.354 e. The van der Waals surface area contributed by atoms with E-state index in [1.165, 1.54) is 0 Å². The average Bonchev–Trinajstić information content (AvgIpc) is 3.13. The van der Waals surface area contributed by atoms with Crippen LogP contribution in [0.5, 0.6) is 0 Å². The Hall–Kier alpha value is -0.850. The van der Waals surface area contributed by atoms with Gasteiger partial charge in [0.15, 0.2) is 0 Å². The van der Waals surface area contributed by atoms with Crippen LogP contribution in [0.2, 0.25) is 0 Å². The molecule has 2 amide bonds. The second kappa shape index (κ2) is 11.0. The fourth-order valence-corrected chi connectivity index (χ4v) is 3.52. The fourth-order valence-electron chi connectivity index (χ4n) is 3.52. The van der Waals surface area contributed by atoms with E-state index in [0.717, 1.165) is 51.7 Å². The van der Waals surface area contributed by atoms with Gasteiger partial charge in [-0.15, -0.1) is 12.4 Å². The van der Waals surface area contributed by atoms with Gasteiger partial charge in [-0.25, -0.2) is 0 Å². The zero-order valence-corrected chi connectivity index (χ0v) is 16.7. The third-order valence-electron chi connectivity index (χ3n) is 5.42. The average molecular weight is 375 g/mol. The van der Waals surface area contributed by atoms with E-state index in [4.69, 9.17) is 0 Å². The number of likely N-dealkylation sites (tertiary alicyclic amines) is 1. The fraction of sp³-hybridized carbons (Fsp3) is 0.889. The van der Waals surface area contributed by atoms with Gasteiger partial charge in [0.1, 0.15) is 0 Å². The molecule has 25 heavy (non-hydrogen) atoms. The van der Waals surface area contributed by atoms with E-state index >= 15 is 0 Å². The van der Waals surface area contributed by atoms with Crippen LogP contribution in [0.1, 0.15) is 52.9 Å². The van der Waals surface area contributed by atoms with Gasteiger partial charge in [0.25, 0.3) is 0 Å². The minimum atomic E-state index is -0.103. The highest BCUT2D eigenvalue weighted by molar-refractivity contribution is 5.85. The van der Waals surface area contributed by atoms with Gasteiger partial charge in [-0.05, 0) is 65.0 Å². The summed E-state index contributed by atoms with van der Waals surface area (Å²) in [6, 6.07) is 0.109. The maximum atomic E-state index is 12.3. The van der Waals surface area contributed by atoms with Crippen LogP contribution in [0.25, 0.3) is 0 Å². The number of hydrogen-bond donors (Lipinski definition) is 3. The first-order chi connectivity index (χ1) is 11.5. The Morgan fingerprint density at radius 3 is 2.64 bits per heavy atom. The summed E-state index contributed by atoms with van der Waals surface area (Å²) in [7, 11) is 0. The molecule has 6 nitrogen and oxygen atoms in total. The second-order valence-electron chi connectivity index (χ2n) is 7.39. The van der Waals surface area contributed by atoms with Gasteiger partial charge in [-0.3, -0.25) is 14.5 Å². The van der Waals surface area contributed by atoms with Gasteiger partial charge >= 0.3 is 0 Å². The van der Waals surface area contributed by atoms with E-state index in [-0.39, 0.29) is 42.3 Å². The lowest BCUT2D eigenvalue weighted by Crippen LogP contribution is -2.52. The van der Waals surface area contributed by atoms with Gasteiger partial charge < -0.3 is 16.0 Å². The van der Waals surface area contributed by atoms with E-state index in [0.29, 0.717) is 12.5 Å². The molecule has 0 bridgehead atoms. The Morgan fingerprint density at radius 1 is 1.24 bits per heavy atom. The molecule has 2 aliphatic heterocycles. The SMILES string of the molecule is CCC(C)NC(=O)C(C)N1CCCC(CNC(=O)C2CCCN2)C1.Cl. The Kier molecular flexibility index (Phi) is 9.75. The van der Waals surface area contributed by atoms with Crippen LogP contribution >= 0.6 is 12.4 Å². The smallest absolute Gasteiger partial charge is 0.237 e. The van der Waals surface area contributed by atoms with Crippen molar-refractivity contribution in [2.45, 2.75) is 71.0 Å². The topological polar surface area (TPSA) is 73.5 Å². The van der Waals surface area contributed by atoms with E-state index in [1.807, 2.05) is 13.8 Å². The quantitative estimate of drug-likeness (QED) is 0.628. The molecular formula is C18H35ClN4O2. The van der Waals surface area contributed by atoms with Crippen molar-refractivity contribution in [2.75, 3.05) is 26.2 Å². The predicted molar refractivity (Wildman–Crippen MR) is 103 cm³/mol. The summed E-state index contributed by atoms with van der Waals surface area (Å²) in [5, 5.41) is 9.40. The molecule has 2 heterocycles. The molecule has 146 valence electrons. The molecular weight excluding hydrogens is 340 g/mol. The molecule has 2 rings (SSSR count). The normalized spacial score (nSPS) is 26.4. The van der Waals surface area contributed by atoms with Crippen LogP contribution < -0.4 is 16.0 Å². The maximum Gasteiger partial charge on any atom is 0.237 e. The molecule has 3 N–H and O–H groups in total. The number of halogens is 1. The molecule has 0 saturated carbocycles. The monoisotopic (exact) mass is 374 g/mol. The van der Waals surface area contributed by atoms with E-state index in [2.05, 4.69) is 27.8 Å². The molecule has 2 fully saturated rings. The lowest BCUT2D eigenvalue weighted by molar-refractivity contribution is -0.127. The molecule has 0 aromatic carbocycles. The molecule has 4 unspecified atom stereocenters. The molecule has 0 aromatic rings. The maximum absolute atomic E-state index is 12.3. The summed E-state index contributed by atoms with van der Waals surface area (Å²) in [6.45, 7) is 9.61. The second-order valence-corrected chi connectivity index (χ2v) is 7.39. The number of piperidine rings is 1. The summed E-state index contributed by atoms with van der Waals surface area (Å²) < 4.78 is 0. The number of carbonyl (C=O) groups excluding carboxylic acids is 2. The molecule has 0 aliphatic carbocycles. The Balaban J connectivity index is 0.00000312. The lowest BCUT2D eigenvalue weighted by atomic mass is 9.96. The molecule has 0 radical (unpaired) electrons. The van der Waals surface area contributed by atoms with Gasteiger partial charge in [0.05, 0.1) is 12.1 Å². The van der Waals surface area contributed by atoms with E-state index in [9.17, 15) is 9.59 Å². The summed E-state index contributed by atoms with van der Waals surface area (Å²) in [5.74, 6) is 0.680. The van der Waals surface area contributed by atoms with Crippen molar-refractivity contribution < 1.29 is 9.59 Å². The van der Waals surface area contributed by atoms with Crippen molar-refractivity contribution in [2.24, 2.45) is 5.92 Å². The van der Waals surface area contributed by atoms with Crippen LogP contribution in [-0.2, 0) is 9.59 Å². The van der Waals surface area contributed by atoms with Gasteiger partial charge in [0, 0.05) is 19.1 Å². The van der Waals surface area contributed by atoms with Crippen LogP contribution in [0.15, 0.2) is 0 Å². The zero-order chi connectivity index (χ0) is 17.5. The van der Waals surface area contributed by atoms with Crippen molar-refractivity contribution in [3.05, 3.63) is 0 Å². The summed E-state index contributed by atoms with van der Waals surface area (Å²) in [5.41, 5.74) is 0. The molecule has 2 saturated heterocycles. The van der Waals surface area contributed by atoms with Crippen LogP contribution in [0.3, 0.4) is 0 Å². The number of hydrogen-bond acceptors (Lipinski definition) is 4. The highest BCUT2D eigenvalue weighted by atomic mass is 35.5. The predicted octanol–water partition coefficient (Wildman–Crippen LogP) is 1.29. The summed E-state index contributed by atoms with van der Waals surface area (Å²) in [6.07, 6.45) is 5.17. The van der Waals surface area contributed by atoms with E-state index in [1.54, 1.807) is 0 Å². The van der Waals surface area contributed by atoms with Crippen LogP contribution in [0, 0.1) is 5.92 Å². The molecule has 7 heteroatoms. The third kappa shape index (κ3) is 6.76. The van der Waals surface area contributed by atoms with Crippen molar-refractivity contribution in [3.63, 3.8) is 0 Å². The first kappa shape index (κ1) is 22.2. The minimum absolute atomic E-state index is 0.